The predicted molar refractivity (Wildman–Crippen MR) is 123 cm³/mol. The third-order valence-corrected chi connectivity index (χ3v) is 6.83. The first-order valence-corrected chi connectivity index (χ1v) is 11.1. The van der Waals surface area contributed by atoms with E-state index in [4.69, 9.17) is 16.3 Å². The van der Waals surface area contributed by atoms with Gasteiger partial charge in [-0.25, -0.2) is 0 Å². The molecule has 2 heterocycles. The highest BCUT2D eigenvalue weighted by Crippen LogP contribution is 2.40. The number of rotatable bonds is 8. The molecule has 2 aromatic rings. The smallest absolute Gasteiger partial charge is 0.227 e. The van der Waals surface area contributed by atoms with Gasteiger partial charge in [0.25, 0.3) is 0 Å². The first-order chi connectivity index (χ1) is 15.1. The van der Waals surface area contributed by atoms with E-state index in [2.05, 4.69) is 39.8 Å². The molecule has 4 rings (SSSR count). The molecular formula is C24H28ClN3O3. The fourth-order valence-electron chi connectivity index (χ4n) is 4.99. The second-order valence-corrected chi connectivity index (χ2v) is 8.72. The Bertz CT molecular complexity index is 923. The summed E-state index contributed by atoms with van der Waals surface area (Å²) in [7, 11) is 1.52. The summed E-state index contributed by atoms with van der Waals surface area (Å²) >= 11 is 6.23. The predicted octanol–water partition coefficient (Wildman–Crippen LogP) is 4.34. The summed E-state index contributed by atoms with van der Waals surface area (Å²) in [6.45, 7) is 1.04. The van der Waals surface area contributed by atoms with Gasteiger partial charge in [0.05, 0.1) is 23.5 Å². The standard InChI is InChI=1S/C24H28ClN3O3/c1-31-23-14-21(26-15-29)20(25)13-22(23)27-24(30)17-11-18-7-8-19(12-17)28(18)10-9-16-5-3-2-4-6-16/h2-6,13-15,17-19H,7-12H2,1H3,(H,26,29)(H,27,30). The molecule has 0 radical (unpaired) electrons. The van der Waals surface area contributed by atoms with Gasteiger partial charge in [-0.2, -0.15) is 0 Å². The average Bonchev–Trinajstić information content (AvgIpc) is 3.01. The number of benzene rings is 2. The number of amides is 2. The summed E-state index contributed by atoms with van der Waals surface area (Å²) in [5.41, 5.74) is 2.32. The van der Waals surface area contributed by atoms with Crippen LogP contribution in [0.4, 0.5) is 11.4 Å². The maximum atomic E-state index is 13.1. The number of fused-ring (bicyclic) bond motifs is 2. The van der Waals surface area contributed by atoms with Crippen molar-refractivity contribution in [3.63, 3.8) is 0 Å². The number of hydrogen-bond donors (Lipinski definition) is 2. The zero-order valence-electron chi connectivity index (χ0n) is 17.6. The van der Waals surface area contributed by atoms with Crippen LogP contribution >= 0.6 is 11.6 Å². The van der Waals surface area contributed by atoms with Gasteiger partial charge in [-0.1, -0.05) is 41.9 Å². The molecule has 2 N–H and O–H groups in total. The lowest BCUT2D eigenvalue weighted by molar-refractivity contribution is -0.122. The monoisotopic (exact) mass is 441 g/mol. The number of nitrogens with one attached hydrogen (secondary N) is 2. The van der Waals surface area contributed by atoms with Crippen LogP contribution in [0, 0.1) is 5.92 Å². The molecule has 2 amide bonds. The Kier molecular flexibility index (Phi) is 6.78. The number of carbonyl (C=O) groups is 2. The lowest BCUT2D eigenvalue weighted by Crippen LogP contribution is -2.46. The summed E-state index contributed by atoms with van der Waals surface area (Å²) in [4.78, 5) is 26.4. The van der Waals surface area contributed by atoms with Gasteiger partial charge < -0.3 is 15.4 Å². The van der Waals surface area contributed by atoms with Crippen molar-refractivity contribution in [2.75, 3.05) is 24.3 Å². The van der Waals surface area contributed by atoms with Crippen LogP contribution in [0.3, 0.4) is 0 Å². The Morgan fingerprint density at radius 2 is 1.87 bits per heavy atom. The third-order valence-electron chi connectivity index (χ3n) is 6.52. The molecule has 2 aromatic carbocycles. The van der Waals surface area contributed by atoms with Crippen molar-refractivity contribution in [3.8, 4) is 5.75 Å². The molecular weight excluding hydrogens is 414 g/mol. The molecule has 2 saturated heterocycles. The summed E-state index contributed by atoms with van der Waals surface area (Å²) < 4.78 is 5.38. The van der Waals surface area contributed by atoms with Gasteiger partial charge in [0.2, 0.25) is 12.3 Å². The van der Waals surface area contributed by atoms with Crippen molar-refractivity contribution >= 4 is 35.3 Å². The minimum Gasteiger partial charge on any atom is -0.494 e. The maximum absolute atomic E-state index is 13.1. The first kappa shape index (κ1) is 21.7. The van der Waals surface area contributed by atoms with E-state index in [1.807, 2.05) is 6.07 Å². The topological polar surface area (TPSA) is 70.7 Å². The van der Waals surface area contributed by atoms with Gasteiger partial charge in [0, 0.05) is 30.6 Å². The molecule has 0 spiro atoms. The van der Waals surface area contributed by atoms with Gasteiger partial charge in [-0.15, -0.1) is 0 Å². The highest BCUT2D eigenvalue weighted by atomic mass is 35.5. The number of halogens is 1. The molecule has 7 heteroatoms. The number of hydrogen-bond acceptors (Lipinski definition) is 4. The van der Waals surface area contributed by atoms with Gasteiger partial charge in [0.15, 0.2) is 0 Å². The summed E-state index contributed by atoms with van der Waals surface area (Å²) in [5, 5.41) is 5.88. The molecule has 2 unspecified atom stereocenters. The van der Waals surface area contributed by atoms with Gasteiger partial charge in [0.1, 0.15) is 5.75 Å². The highest BCUT2D eigenvalue weighted by molar-refractivity contribution is 6.34. The fourth-order valence-corrected chi connectivity index (χ4v) is 5.20. The van der Waals surface area contributed by atoms with Crippen molar-refractivity contribution in [2.45, 2.75) is 44.2 Å². The number of piperidine rings is 1. The lowest BCUT2D eigenvalue weighted by atomic mass is 9.89. The third kappa shape index (κ3) is 4.86. The van der Waals surface area contributed by atoms with E-state index in [1.54, 1.807) is 12.1 Å². The molecule has 2 aliphatic rings. The number of anilines is 2. The molecule has 0 saturated carbocycles. The van der Waals surface area contributed by atoms with Gasteiger partial charge in [-0.3, -0.25) is 14.5 Å². The molecule has 6 nitrogen and oxygen atoms in total. The van der Waals surface area contributed by atoms with E-state index in [-0.39, 0.29) is 11.8 Å². The molecule has 2 fully saturated rings. The Labute approximate surface area is 187 Å². The lowest BCUT2D eigenvalue weighted by Gasteiger charge is -2.38. The molecule has 164 valence electrons. The Balaban J connectivity index is 1.39. The normalized spacial score (nSPS) is 22.7. The number of nitrogens with zero attached hydrogens (tertiary/aromatic N) is 1. The Hall–Kier alpha value is -2.57. The van der Waals surface area contributed by atoms with Crippen LogP contribution in [0.2, 0.25) is 5.02 Å². The van der Waals surface area contributed by atoms with Crippen molar-refractivity contribution in [1.29, 1.82) is 0 Å². The summed E-state index contributed by atoms with van der Waals surface area (Å²) in [5.74, 6) is 0.442. The van der Waals surface area contributed by atoms with E-state index in [0.717, 1.165) is 38.6 Å². The second kappa shape index (κ2) is 9.71. The zero-order chi connectivity index (χ0) is 21.8. The van der Waals surface area contributed by atoms with E-state index >= 15 is 0 Å². The minimum atomic E-state index is -0.0262. The molecule has 2 atom stereocenters. The van der Waals surface area contributed by atoms with E-state index < -0.39 is 0 Å². The molecule has 0 aromatic heterocycles. The molecule has 2 bridgehead atoms. The van der Waals surface area contributed by atoms with E-state index in [0.29, 0.717) is 40.6 Å². The minimum absolute atomic E-state index is 0.00470. The molecule has 2 aliphatic heterocycles. The fraction of sp³-hybridized carbons (Fsp3) is 0.417. The molecule has 0 aliphatic carbocycles. The van der Waals surface area contributed by atoms with Crippen molar-refractivity contribution in [2.24, 2.45) is 5.92 Å². The van der Waals surface area contributed by atoms with Crippen LogP contribution in [-0.2, 0) is 16.0 Å². The van der Waals surface area contributed by atoms with Crippen LogP contribution in [0.25, 0.3) is 0 Å². The van der Waals surface area contributed by atoms with Crippen LogP contribution in [0.5, 0.6) is 5.75 Å². The van der Waals surface area contributed by atoms with Crippen LogP contribution in [0.1, 0.15) is 31.2 Å². The van der Waals surface area contributed by atoms with Gasteiger partial charge >= 0.3 is 0 Å². The summed E-state index contributed by atoms with van der Waals surface area (Å²) in [6.07, 6.45) is 5.66. The number of carbonyl (C=O) groups excluding carboxylic acids is 2. The zero-order valence-corrected chi connectivity index (χ0v) is 18.4. The second-order valence-electron chi connectivity index (χ2n) is 8.31. The largest absolute Gasteiger partial charge is 0.494 e. The number of ether oxygens (including phenoxy) is 1. The van der Waals surface area contributed by atoms with Crippen molar-refractivity contribution in [1.82, 2.24) is 4.90 Å². The van der Waals surface area contributed by atoms with Crippen molar-refractivity contribution in [3.05, 3.63) is 53.1 Å². The van der Waals surface area contributed by atoms with Gasteiger partial charge in [-0.05, 0) is 43.7 Å². The quantitative estimate of drug-likeness (QED) is 0.598. The Morgan fingerprint density at radius 1 is 1.16 bits per heavy atom. The highest BCUT2D eigenvalue weighted by Gasteiger charge is 2.42. The van der Waals surface area contributed by atoms with Crippen LogP contribution in [0.15, 0.2) is 42.5 Å². The van der Waals surface area contributed by atoms with Crippen LogP contribution < -0.4 is 15.4 Å². The maximum Gasteiger partial charge on any atom is 0.227 e. The molecule has 31 heavy (non-hydrogen) atoms. The first-order valence-electron chi connectivity index (χ1n) is 10.8. The number of methoxy groups -OCH3 is 1. The van der Waals surface area contributed by atoms with Crippen LogP contribution in [-0.4, -0.2) is 43.0 Å². The Morgan fingerprint density at radius 3 is 2.52 bits per heavy atom. The van der Waals surface area contributed by atoms with E-state index in [1.165, 1.54) is 12.7 Å². The van der Waals surface area contributed by atoms with E-state index in [9.17, 15) is 9.59 Å². The SMILES string of the molecule is COc1cc(NC=O)c(Cl)cc1NC(=O)C1CC2CCC(C1)N2CCc1ccccc1. The van der Waals surface area contributed by atoms with Crippen molar-refractivity contribution < 1.29 is 14.3 Å². The average molecular weight is 442 g/mol. The summed E-state index contributed by atoms with van der Waals surface area (Å²) in [6, 6.07) is 14.7.